The molecule has 0 aliphatic carbocycles. The first kappa shape index (κ1) is 20.5. The van der Waals surface area contributed by atoms with Gasteiger partial charge in [0.2, 0.25) is 21.8 Å². The number of carbonyl (C=O) groups is 2. The maximum atomic E-state index is 13.2. The van der Waals surface area contributed by atoms with Gasteiger partial charge in [-0.2, -0.15) is 4.31 Å². The molecule has 0 bridgehead atoms. The van der Waals surface area contributed by atoms with E-state index in [4.69, 9.17) is 0 Å². The number of halogens is 1. The van der Waals surface area contributed by atoms with Gasteiger partial charge in [-0.25, -0.2) is 12.8 Å². The second kappa shape index (κ2) is 8.16. The molecule has 2 aromatic rings. The molecule has 1 unspecified atom stereocenters. The summed E-state index contributed by atoms with van der Waals surface area (Å²) in [4.78, 5) is 26.9. The van der Waals surface area contributed by atoms with Crippen molar-refractivity contribution in [2.24, 2.45) is 0 Å². The lowest BCUT2D eigenvalue weighted by molar-refractivity contribution is -0.134. The Balaban J connectivity index is 1.50. The maximum Gasteiger partial charge on any atom is 0.243 e. The highest BCUT2D eigenvalue weighted by atomic mass is 32.2. The number of sulfonamides is 1. The van der Waals surface area contributed by atoms with E-state index in [2.05, 4.69) is 5.32 Å². The van der Waals surface area contributed by atoms with Crippen molar-refractivity contribution in [2.45, 2.75) is 23.7 Å². The molecule has 7 nitrogen and oxygen atoms in total. The molecule has 0 saturated carbocycles. The number of rotatable bonds is 3. The topological polar surface area (TPSA) is 86.8 Å². The summed E-state index contributed by atoms with van der Waals surface area (Å²) in [6.45, 7) is 1.06. The van der Waals surface area contributed by atoms with E-state index in [-0.39, 0.29) is 42.8 Å². The van der Waals surface area contributed by atoms with Crippen molar-refractivity contribution in [3.8, 4) is 0 Å². The fourth-order valence-electron chi connectivity index (χ4n) is 3.96. The average Bonchev–Trinajstić information content (AvgIpc) is 3.00. The molecule has 2 aromatic carbocycles. The number of fused-ring (bicyclic) bond motifs is 1. The summed E-state index contributed by atoms with van der Waals surface area (Å²) < 4.78 is 40.2. The molecular formula is C21H22FN3O4S. The Morgan fingerprint density at radius 2 is 1.73 bits per heavy atom. The summed E-state index contributed by atoms with van der Waals surface area (Å²) in [7, 11) is -3.77. The number of nitrogens with one attached hydrogen (secondary N) is 1. The van der Waals surface area contributed by atoms with Crippen molar-refractivity contribution in [1.82, 2.24) is 9.21 Å². The molecule has 30 heavy (non-hydrogen) atoms. The summed E-state index contributed by atoms with van der Waals surface area (Å²) in [6, 6.07) is 12.0. The van der Waals surface area contributed by atoms with Gasteiger partial charge in [0.15, 0.2) is 0 Å². The number of para-hydroxylation sites is 1. The lowest BCUT2D eigenvalue weighted by atomic mass is 9.89. The number of nitrogens with zero attached hydrogens (tertiary/aromatic N) is 2. The van der Waals surface area contributed by atoms with Crippen LogP contribution < -0.4 is 5.32 Å². The van der Waals surface area contributed by atoms with Gasteiger partial charge in [0.25, 0.3) is 0 Å². The van der Waals surface area contributed by atoms with Crippen LogP contribution in [0, 0.1) is 5.82 Å². The highest BCUT2D eigenvalue weighted by Crippen LogP contribution is 2.33. The molecule has 4 rings (SSSR count). The van der Waals surface area contributed by atoms with Crippen LogP contribution in [0.4, 0.5) is 10.1 Å². The highest BCUT2D eigenvalue weighted by molar-refractivity contribution is 7.89. The van der Waals surface area contributed by atoms with Crippen molar-refractivity contribution >= 4 is 27.5 Å². The fourth-order valence-corrected chi connectivity index (χ4v) is 5.43. The van der Waals surface area contributed by atoms with Gasteiger partial charge in [-0.3, -0.25) is 9.59 Å². The zero-order chi connectivity index (χ0) is 21.3. The summed E-state index contributed by atoms with van der Waals surface area (Å²) in [5.74, 6) is -1.45. The summed E-state index contributed by atoms with van der Waals surface area (Å²) in [6.07, 6.45) is 0.552. The molecule has 0 radical (unpaired) electrons. The number of amides is 2. The van der Waals surface area contributed by atoms with Gasteiger partial charge in [0, 0.05) is 38.3 Å². The minimum atomic E-state index is -3.77. The molecule has 9 heteroatoms. The van der Waals surface area contributed by atoms with Crippen molar-refractivity contribution in [3.05, 3.63) is 59.9 Å². The first-order valence-electron chi connectivity index (χ1n) is 9.79. The smallest absolute Gasteiger partial charge is 0.243 e. The molecule has 2 aliphatic heterocycles. The molecule has 1 atom stereocenters. The first-order chi connectivity index (χ1) is 14.4. The van der Waals surface area contributed by atoms with Crippen LogP contribution >= 0.6 is 0 Å². The molecule has 1 fully saturated rings. The molecule has 2 aliphatic rings. The Morgan fingerprint density at radius 1 is 1.00 bits per heavy atom. The van der Waals surface area contributed by atoms with Crippen molar-refractivity contribution in [3.63, 3.8) is 0 Å². The quantitative estimate of drug-likeness (QED) is 0.807. The summed E-state index contributed by atoms with van der Waals surface area (Å²) in [5, 5.41) is 2.79. The van der Waals surface area contributed by atoms with Gasteiger partial charge < -0.3 is 10.2 Å². The van der Waals surface area contributed by atoms with Crippen LogP contribution in [-0.2, 0) is 19.6 Å². The second-order valence-corrected chi connectivity index (χ2v) is 9.37. The molecule has 0 aromatic heterocycles. The standard InChI is InChI=1S/C21H22FN3O4S/c22-15-6-8-16(9-7-15)30(28,29)25-11-3-10-24(12-13-25)21(27)18-14-20(26)23-19-5-2-1-4-17(18)19/h1-2,4-9,18H,3,10-14H2,(H,23,26). The maximum absolute atomic E-state index is 13.2. The average molecular weight is 431 g/mol. The Hall–Kier alpha value is -2.78. The van der Waals surface area contributed by atoms with Crippen LogP contribution in [0.25, 0.3) is 0 Å². The number of benzene rings is 2. The molecule has 1 saturated heterocycles. The van der Waals surface area contributed by atoms with Crippen molar-refractivity contribution in [1.29, 1.82) is 0 Å². The van der Waals surface area contributed by atoms with E-state index in [1.54, 1.807) is 17.0 Å². The summed E-state index contributed by atoms with van der Waals surface area (Å²) in [5.41, 5.74) is 1.42. The predicted molar refractivity (Wildman–Crippen MR) is 109 cm³/mol. The number of hydrogen-bond donors (Lipinski definition) is 1. The van der Waals surface area contributed by atoms with Crippen LogP contribution in [0.2, 0.25) is 0 Å². The minimum Gasteiger partial charge on any atom is -0.341 e. The van der Waals surface area contributed by atoms with Crippen LogP contribution in [-0.4, -0.2) is 55.6 Å². The van der Waals surface area contributed by atoms with Gasteiger partial charge in [0.05, 0.1) is 10.8 Å². The van der Waals surface area contributed by atoms with Crippen LogP contribution in [0.1, 0.15) is 24.3 Å². The molecule has 158 valence electrons. The van der Waals surface area contributed by atoms with E-state index in [9.17, 15) is 22.4 Å². The lowest BCUT2D eigenvalue weighted by Gasteiger charge is -2.30. The highest BCUT2D eigenvalue weighted by Gasteiger charge is 2.35. The van der Waals surface area contributed by atoms with Crippen LogP contribution in [0.15, 0.2) is 53.4 Å². The second-order valence-electron chi connectivity index (χ2n) is 7.43. The summed E-state index contributed by atoms with van der Waals surface area (Å²) >= 11 is 0. The van der Waals surface area contributed by atoms with Crippen LogP contribution in [0.5, 0.6) is 0 Å². The van der Waals surface area contributed by atoms with Gasteiger partial charge in [-0.05, 0) is 42.3 Å². The normalized spacial score (nSPS) is 20.2. The SMILES string of the molecule is O=C1CC(C(=O)N2CCCN(S(=O)(=O)c3ccc(F)cc3)CC2)c2ccccc2N1. The molecule has 2 amide bonds. The number of hydrogen-bond acceptors (Lipinski definition) is 4. The van der Waals surface area contributed by atoms with E-state index >= 15 is 0 Å². The van der Waals surface area contributed by atoms with Gasteiger partial charge >= 0.3 is 0 Å². The van der Waals surface area contributed by atoms with E-state index in [1.165, 1.54) is 16.4 Å². The van der Waals surface area contributed by atoms with Crippen molar-refractivity contribution in [2.75, 3.05) is 31.5 Å². The molecule has 0 spiro atoms. The Morgan fingerprint density at radius 3 is 2.50 bits per heavy atom. The van der Waals surface area contributed by atoms with E-state index in [1.807, 2.05) is 12.1 Å². The Bertz CT molecular complexity index is 1070. The molecular weight excluding hydrogens is 409 g/mol. The Labute approximate surface area is 174 Å². The lowest BCUT2D eigenvalue weighted by Crippen LogP contribution is -2.41. The number of anilines is 1. The third-order valence-corrected chi connectivity index (χ3v) is 7.43. The Kier molecular flexibility index (Phi) is 5.57. The van der Waals surface area contributed by atoms with E-state index in [0.717, 1.165) is 17.7 Å². The minimum absolute atomic E-state index is 0.0292. The largest absolute Gasteiger partial charge is 0.341 e. The monoisotopic (exact) mass is 431 g/mol. The van der Waals surface area contributed by atoms with Gasteiger partial charge in [-0.1, -0.05) is 18.2 Å². The van der Waals surface area contributed by atoms with Gasteiger partial charge in [-0.15, -0.1) is 0 Å². The van der Waals surface area contributed by atoms with Crippen LogP contribution in [0.3, 0.4) is 0 Å². The first-order valence-corrected chi connectivity index (χ1v) is 11.2. The zero-order valence-electron chi connectivity index (χ0n) is 16.3. The van der Waals surface area contributed by atoms with Crippen molar-refractivity contribution < 1.29 is 22.4 Å². The third-order valence-electron chi connectivity index (χ3n) is 5.52. The number of carbonyl (C=O) groups excluding carboxylic acids is 2. The van der Waals surface area contributed by atoms with E-state index < -0.39 is 21.8 Å². The third kappa shape index (κ3) is 3.95. The van der Waals surface area contributed by atoms with E-state index in [0.29, 0.717) is 18.7 Å². The molecule has 2 heterocycles. The fraction of sp³-hybridized carbons (Fsp3) is 0.333. The van der Waals surface area contributed by atoms with Gasteiger partial charge in [0.1, 0.15) is 5.82 Å². The zero-order valence-corrected chi connectivity index (χ0v) is 17.1. The molecule has 1 N–H and O–H groups in total. The predicted octanol–water partition coefficient (Wildman–Crippen LogP) is 2.17.